The molecular weight excluding hydrogens is 184 g/mol. The molecule has 15 heavy (non-hydrogen) atoms. The predicted octanol–water partition coefficient (Wildman–Crippen LogP) is 1.85. The standard InChI is InChI=1S/C13H24N2/c1-2-3-5-13-7-10-4-6-15(9-13)8-11(13)12(10)14/h10-12H,2-9,14H2,1H3. The van der Waals surface area contributed by atoms with Crippen molar-refractivity contribution < 1.29 is 0 Å². The molecule has 4 fully saturated rings. The fraction of sp³-hybridized carbons (Fsp3) is 1.00. The summed E-state index contributed by atoms with van der Waals surface area (Å²) in [5.41, 5.74) is 7.07. The van der Waals surface area contributed by atoms with Crippen molar-refractivity contribution in [2.75, 3.05) is 19.6 Å². The molecule has 0 aromatic carbocycles. The fourth-order valence-electron chi connectivity index (χ4n) is 4.54. The average Bonchev–Trinajstić information content (AvgIpc) is 2.52. The molecule has 4 rings (SSSR count). The minimum absolute atomic E-state index is 0.523. The maximum Gasteiger partial charge on any atom is 0.0114 e. The first-order chi connectivity index (χ1) is 7.25. The lowest BCUT2D eigenvalue weighted by atomic mass is 9.76. The Morgan fingerprint density at radius 2 is 2.33 bits per heavy atom. The molecule has 0 aromatic rings. The minimum Gasteiger partial charge on any atom is -0.327 e. The maximum atomic E-state index is 6.43. The Labute approximate surface area is 93.2 Å². The summed E-state index contributed by atoms with van der Waals surface area (Å²) in [6, 6.07) is 0.523. The van der Waals surface area contributed by atoms with Gasteiger partial charge in [-0.3, -0.25) is 0 Å². The fourth-order valence-corrected chi connectivity index (χ4v) is 4.54. The van der Waals surface area contributed by atoms with E-state index in [-0.39, 0.29) is 0 Å². The van der Waals surface area contributed by atoms with E-state index in [4.69, 9.17) is 5.73 Å². The SMILES string of the molecule is CCCCC12CC3CCN(CC1C3N)C2. The molecule has 4 aliphatic rings. The van der Waals surface area contributed by atoms with Gasteiger partial charge in [-0.15, -0.1) is 0 Å². The lowest BCUT2D eigenvalue weighted by molar-refractivity contribution is 0.220. The van der Waals surface area contributed by atoms with Crippen LogP contribution in [0.5, 0.6) is 0 Å². The Morgan fingerprint density at radius 1 is 1.47 bits per heavy atom. The normalized spacial score (nSPS) is 52.4. The molecule has 2 nitrogen and oxygen atoms in total. The molecule has 5 unspecified atom stereocenters. The second kappa shape index (κ2) is 3.46. The second-order valence-corrected chi connectivity index (χ2v) is 6.14. The first-order valence-corrected chi connectivity index (χ1v) is 6.73. The zero-order chi connectivity index (χ0) is 10.5. The minimum atomic E-state index is 0.523. The van der Waals surface area contributed by atoms with E-state index in [9.17, 15) is 0 Å². The van der Waals surface area contributed by atoms with Crippen LogP contribution < -0.4 is 5.73 Å². The Kier molecular flexibility index (Phi) is 2.33. The van der Waals surface area contributed by atoms with E-state index in [1.165, 1.54) is 51.7 Å². The molecule has 1 aliphatic carbocycles. The Morgan fingerprint density at radius 3 is 3.13 bits per heavy atom. The van der Waals surface area contributed by atoms with Crippen LogP contribution in [0.25, 0.3) is 0 Å². The topological polar surface area (TPSA) is 29.3 Å². The van der Waals surface area contributed by atoms with Crippen molar-refractivity contribution in [1.82, 2.24) is 4.90 Å². The van der Waals surface area contributed by atoms with E-state index in [1.54, 1.807) is 0 Å². The highest BCUT2D eigenvalue weighted by molar-refractivity contribution is 5.11. The first-order valence-electron chi connectivity index (χ1n) is 6.73. The van der Waals surface area contributed by atoms with E-state index in [2.05, 4.69) is 11.8 Å². The van der Waals surface area contributed by atoms with Crippen LogP contribution in [-0.4, -0.2) is 30.6 Å². The monoisotopic (exact) mass is 208 g/mol. The number of hydrogen-bond donors (Lipinski definition) is 1. The first kappa shape index (κ1) is 10.1. The van der Waals surface area contributed by atoms with Crippen molar-refractivity contribution in [1.29, 1.82) is 0 Å². The van der Waals surface area contributed by atoms with Gasteiger partial charge in [-0.25, -0.2) is 0 Å². The van der Waals surface area contributed by atoms with Gasteiger partial charge in [0.15, 0.2) is 0 Å². The van der Waals surface area contributed by atoms with Crippen LogP contribution in [0.15, 0.2) is 0 Å². The van der Waals surface area contributed by atoms with Gasteiger partial charge in [0.25, 0.3) is 0 Å². The van der Waals surface area contributed by atoms with Crippen LogP contribution in [0, 0.1) is 17.3 Å². The van der Waals surface area contributed by atoms with Crippen LogP contribution in [0.3, 0.4) is 0 Å². The summed E-state index contributed by atoms with van der Waals surface area (Å²) < 4.78 is 0. The molecule has 4 bridgehead atoms. The summed E-state index contributed by atoms with van der Waals surface area (Å²) in [6.45, 7) is 6.30. The molecule has 3 saturated heterocycles. The van der Waals surface area contributed by atoms with Crippen molar-refractivity contribution >= 4 is 0 Å². The molecule has 86 valence electrons. The molecule has 3 aliphatic heterocycles. The largest absolute Gasteiger partial charge is 0.327 e. The smallest absolute Gasteiger partial charge is 0.0114 e. The van der Waals surface area contributed by atoms with Gasteiger partial charge in [-0.1, -0.05) is 19.8 Å². The molecular formula is C13H24N2. The number of unbranched alkanes of at least 4 members (excludes halogenated alkanes) is 1. The molecule has 2 heteroatoms. The molecule has 1 saturated carbocycles. The van der Waals surface area contributed by atoms with E-state index in [0.29, 0.717) is 11.5 Å². The van der Waals surface area contributed by atoms with Crippen molar-refractivity contribution in [3.05, 3.63) is 0 Å². The van der Waals surface area contributed by atoms with E-state index >= 15 is 0 Å². The highest BCUT2D eigenvalue weighted by Crippen LogP contribution is 2.56. The highest BCUT2D eigenvalue weighted by Gasteiger charge is 2.57. The quantitative estimate of drug-likeness (QED) is 0.767. The van der Waals surface area contributed by atoms with Gasteiger partial charge in [-0.05, 0) is 43.1 Å². The van der Waals surface area contributed by atoms with Gasteiger partial charge >= 0.3 is 0 Å². The van der Waals surface area contributed by atoms with Crippen LogP contribution in [-0.2, 0) is 0 Å². The van der Waals surface area contributed by atoms with E-state index in [1.807, 2.05) is 0 Å². The lowest BCUT2D eigenvalue weighted by Crippen LogP contribution is -2.35. The molecule has 2 N–H and O–H groups in total. The third-order valence-corrected chi connectivity index (χ3v) is 5.30. The van der Waals surface area contributed by atoms with Crippen LogP contribution in [0.2, 0.25) is 0 Å². The molecule has 5 atom stereocenters. The second-order valence-electron chi connectivity index (χ2n) is 6.14. The zero-order valence-electron chi connectivity index (χ0n) is 9.91. The third kappa shape index (κ3) is 1.38. The summed E-state index contributed by atoms with van der Waals surface area (Å²) in [5.74, 6) is 1.68. The van der Waals surface area contributed by atoms with Crippen LogP contribution >= 0.6 is 0 Å². The van der Waals surface area contributed by atoms with Gasteiger partial charge in [0, 0.05) is 19.1 Å². The summed E-state index contributed by atoms with van der Waals surface area (Å²) in [7, 11) is 0. The average molecular weight is 208 g/mol. The van der Waals surface area contributed by atoms with E-state index < -0.39 is 0 Å². The predicted molar refractivity (Wildman–Crippen MR) is 62.6 cm³/mol. The lowest BCUT2D eigenvalue weighted by Gasteiger charge is -2.29. The third-order valence-electron chi connectivity index (χ3n) is 5.30. The number of nitrogens with zero attached hydrogens (tertiary/aromatic N) is 1. The van der Waals surface area contributed by atoms with Gasteiger partial charge < -0.3 is 10.6 Å². The van der Waals surface area contributed by atoms with Crippen molar-refractivity contribution in [2.45, 2.75) is 45.1 Å². The number of hydrogen-bond acceptors (Lipinski definition) is 2. The van der Waals surface area contributed by atoms with Crippen molar-refractivity contribution in [3.8, 4) is 0 Å². The zero-order valence-corrected chi connectivity index (χ0v) is 9.91. The van der Waals surface area contributed by atoms with Crippen LogP contribution in [0.4, 0.5) is 0 Å². The Bertz CT molecular complexity index is 253. The summed E-state index contributed by atoms with van der Waals surface area (Å²) in [5, 5.41) is 0. The number of fused-ring (bicyclic) bond motifs is 1. The Balaban J connectivity index is 1.85. The summed E-state index contributed by atoms with van der Waals surface area (Å²) in [4.78, 5) is 2.69. The summed E-state index contributed by atoms with van der Waals surface area (Å²) in [6.07, 6.45) is 6.99. The highest BCUT2D eigenvalue weighted by atomic mass is 15.2. The molecule has 0 aromatic heterocycles. The Hall–Kier alpha value is -0.0800. The van der Waals surface area contributed by atoms with Gasteiger partial charge in [0.1, 0.15) is 0 Å². The van der Waals surface area contributed by atoms with Crippen molar-refractivity contribution in [3.63, 3.8) is 0 Å². The maximum absolute atomic E-state index is 6.43. The number of rotatable bonds is 3. The van der Waals surface area contributed by atoms with Gasteiger partial charge in [-0.2, -0.15) is 0 Å². The van der Waals surface area contributed by atoms with E-state index in [0.717, 1.165) is 11.8 Å². The van der Waals surface area contributed by atoms with Gasteiger partial charge in [0.05, 0.1) is 0 Å². The number of nitrogens with two attached hydrogens (primary N) is 1. The molecule has 3 heterocycles. The van der Waals surface area contributed by atoms with Gasteiger partial charge in [0.2, 0.25) is 0 Å². The van der Waals surface area contributed by atoms with Crippen LogP contribution in [0.1, 0.15) is 39.0 Å². The molecule has 0 spiro atoms. The van der Waals surface area contributed by atoms with Crippen molar-refractivity contribution in [2.24, 2.45) is 23.0 Å². The summed E-state index contributed by atoms with van der Waals surface area (Å²) >= 11 is 0. The molecule has 0 amide bonds. The molecule has 0 radical (unpaired) electrons.